The van der Waals surface area contributed by atoms with E-state index in [-0.39, 0.29) is 0 Å². The van der Waals surface area contributed by atoms with Crippen molar-refractivity contribution >= 4 is 0 Å². The van der Waals surface area contributed by atoms with Crippen molar-refractivity contribution in [2.75, 3.05) is 13.6 Å². The molecule has 1 heterocycles. The second-order valence-corrected chi connectivity index (χ2v) is 4.68. The van der Waals surface area contributed by atoms with Gasteiger partial charge in [-0.1, -0.05) is 27.2 Å². The average Bonchev–Trinajstić information content (AvgIpc) is 2.42. The fourth-order valence-corrected chi connectivity index (χ4v) is 2.21. The summed E-state index contributed by atoms with van der Waals surface area (Å²) in [6.07, 6.45) is 6.46. The second-order valence-electron chi connectivity index (χ2n) is 4.68. The topological polar surface area (TPSA) is 37.8 Å². The molecule has 1 aromatic rings. The number of aryl methyl sites for hydroxylation is 3. The van der Waals surface area contributed by atoms with Crippen LogP contribution in [0.25, 0.3) is 0 Å². The zero-order valence-corrected chi connectivity index (χ0v) is 12.3. The van der Waals surface area contributed by atoms with E-state index in [1.807, 2.05) is 7.05 Å². The highest BCUT2D eigenvalue weighted by Crippen LogP contribution is 2.15. The molecule has 1 rings (SSSR count). The molecule has 3 heteroatoms. The third-order valence-corrected chi connectivity index (χ3v) is 3.27. The molecule has 0 spiro atoms. The molecule has 18 heavy (non-hydrogen) atoms. The molecule has 0 aliphatic carbocycles. The van der Waals surface area contributed by atoms with Gasteiger partial charge in [-0.05, 0) is 44.8 Å². The molecule has 0 aliphatic rings. The minimum atomic E-state index is 0.998. The summed E-state index contributed by atoms with van der Waals surface area (Å²) in [5, 5.41) is 3.21. The van der Waals surface area contributed by atoms with E-state index in [1.165, 1.54) is 29.8 Å². The van der Waals surface area contributed by atoms with Crippen LogP contribution >= 0.6 is 0 Å². The van der Waals surface area contributed by atoms with Gasteiger partial charge in [0.15, 0.2) is 0 Å². The number of nitrogens with one attached hydrogen (secondary N) is 1. The molecular formula is C15H27N3. The molecule has 0 radical (unpaired) electrons. The highest BCUT2D eigenvalue weighted by atomic mass is 14.9. The van der Waals surface area contributed by atoms with Crippen molar-refractivity contribution in [3.63, 3.8) is 0 Å². The monoisotopic (exact) mass is 249 g/mol. The molecule has 102 valence electrons. The summed E-state index contributed by atoms with van der Waals surface area (Å²) in [6.45, 7) is 7.59. The lowest BCUT2D eigenvalue weighted by Gasteiger charge is -2.13. The van der Waals surface area contributed by atoms with Crippen LogP contribution in [-0.4, -0.2) is 23.6 Å². The standard InChI is InChI=1S/C15H27N3/c1-5-8-9-15-17-13(6-2)12(10-11-16-4)14(7-3)18-15/h16H,5-11H2,1-4H3. The Morgan fingerprint density at radius 3 is 2.00 bits per heavy atom. The maximum absolute atomic E-state index is 4.75. The Morgan fingerprint density at radius 1 is 0.944 bits per heavy atom. The van der Waals surface area contributed by atoms with Crippen molar-refractivity contribution in [3.8, 4) is 0 Å². The Balaban J connectivity index is 3.00. The summed E-state index contributed by atoms with van der Waals surface area (Å²) in [5.41, 5.74) is 3.88. The summed E-state index contributed by atoms with van der Waals surface area (Å²) in [4.78, 5) is 9.50. The molecule has 0 fully saturated rings. The average molecular weight is 249 g/mol. The zero-order chi connectivity index (χ0) is 13.4. The van der Waals surface area contributed by atoms with E-state index < -0.39 is 0 Å². The number of rotatable bonds is 8. The number of aromatic nitrogens is 2. The lowest BCUT2D eigenvalue weighted by molar-refractivity contribution is 0.710. The first-order valence-corrected chi connectivity index (χ1v) is 7.28. The van der Waals surface area contributed by atoms with Gasteiger partial charge in [-0.2, -0.15) is 0 Å². The van der Waals surface area contributed by atoms with Crippen molar-refractivity contribution in [2.45, 2.75) is 59.3 Å². The Kier molecular flexibility index (Phi) is 6.88. The molecule has 0 aromatic carbocycles. The predicted octanol–water partition coefficient (Wildman–Crippen LogP) is 2.71. The lowest BCUT2D eigenvalue weighted by Crippen LogP contribution is -2.16. The Labute approximate surface area is 111 Å². The molecule has 0 bridgehead atoms. The second kappa shape index (κ2) is 8.20. The van der Waals surface area contributed by atoms with Gasteiger partial charge < -0.3 is 5.32 Å². The molecule has 0 unspecified atom stereocenters. The Bertz CT molecular complexity index is 336. The highest BCUT2D eigenvalue weighted by molar-refractivity contribution is 5.27. The fraction of sp³-hybridized carbons (Fsp3) is 0.733. The summed E-state index contributed by atoms with van der Waals surface area (Å²) in [7, 11) is 1.99. The number of hydrogen-bond donors (Lipinski definition) is 1. The SMILES string of the molecule is CCCCc1nc(CC)c(CCNC)c(CC)n1. The third-order valence-electron chi connectivity index (χ3n) is 3.27. The van der Waals surface area contributed by atoms with Gasteiger partial charge in [0.2, 0.25) is 0 Å². The van der Waals surface area contributed by atoms with Crippen LogP contribution in [0.4, 0.5) is 0 Å². The first-order valence-electron chi connectivity index (χ1n) is 7.28. The molecule has 1 aromatic heterocycles. The molecule has 0 atom stereocenters. The minimum Gasteiger partial charge on any atom is -0.319 e. The van der Waals surface area contributed by atoms with Gasteiger partial charge in [0.1, 0.15) is 5.82 Å². The lowest BCUT2D eigenvalue weighted by atomic mass is 10.0. The first-order chi connectivity index (χ1) is 8.76. The van der Waals surface area contributed by atoms with Crippen molar-refractivity contribution < 1.29 is 0 Å². The predicted molar refractivity (Wildman–Crippen MR) is 77.0 cm³/mol. The van der Waals surface area contributed by atoms with E-state index in [1.54, 1.807) is 0 Å². The highest BCUT2D eigenvalue weighted by Gasteiger charge is 2.11. The van der Waals surface area contributed by atoms with Crippen LogP contribution in [0.2, 0.25) is 0 Å². The smallest absolute Gasteiger partial charge is 0.128 e. The van der Waals surface area contributed by atoms with Crippen LogP contribution in [0.3, 0.4) is 0 Å². The summed E-state index contributed by atoms with van der Waals surface area (Å²) in [5.74, 6) is 1.04. The van der Waals surface area contributed by atoms with Crippen LogP contribution in [0.15, 0.2) is 0 Å². The molecule has 0 aliphatic heterocycles. The van der Waals surface area contributed by atoms with Gasteiger partial charge in [0.05, 0.1) is 0 Å². The van der Waals surface area contributed by atoms with E-state index in [9.17, 15) is 0 Å². The van der Waals surface area contributed by atoms with Crippen LogP contribution in [-0.2, 0) is 25.7 Å². The van der Waals surface area contributed by atoms with Gasteiger partial charge in [0.25, 0.3) is 0 Å². The summed E-state index contributed by atoms with van der Waals surface area (Å²) >= 11 is 0. The van der Waals surface area contributed by atoms with Crippen LogP contribution < -0.4 is 5.32 Å². The Hall–Kier alpha value is -0.960. The van der Waals surface area contributed by atoms with Gasteiger partial charge in [0, 0.05) is 17.8 Å². The van der Waals surface area contributed by atoms with Gasteiger partial charge in [-0.15, -0.1) is 0 Å². The molecule has 0 saturated heterocycles. The molecular weight excluding hydrogens is 222 g/mol. The minimum absolute atomic E-state index is 0.998. The van der Waals surface area contributed by atoms with Crippen molar-refractivity contribution in [3.05, 3.63) is 22.8 Å². The zero-order valence-electron chi connectivity index (χ0n) is 12.3. The summed E-state index contributed by atoms with van der Waals surface area (Å²) in [6, 6.07) is 0. The molecule has 3 nitrogen and oxygen atoms in total. The van der Waals surface area contributed by atoms with E-state index in [2.05, 4.69) is 26.1 Å². The van der Waals surface area contributed by atoms with E-state index >= 15 is 0 Å². The largest absolute Gasteiger partial charge is 0.319 e. The van der Waals surface area contributed by atoms with Crippen molar-refractivity contribution in [1.82, 2.24) is 15.3 Å². The maximum Gasteiger partial charge on any atom is 0.128 e. The number of hydrogen-bond acceptors (Lipinski definition) is 3. The van der Waals surface area contributed by atoms with E-state index in [4.69, 9.17) is 9.97 Å². The Morgan fingerprint density at radius 2 is 1.56 bits per heavy atom. The van der Waals surface area contributed by atoms with Crippen LogP contribution in [0.5, 0.6) is 0 Å². The van der Waals surface area contributed by atoms with Crippen molar-refractivity contribution in [2.24, 2.45) is 0 Å². The summed E-state index contributed by atoms with van der Waals surface area (Å²) < 4.78 is 0. The number of unbranched alkanes of at least 4 members (excludes halogenated alkanes) is 1. The van der Waals surface area contributed by atoms with E-state index in [0.29, 0.717) is 0 Å². The maximum atomic E-state index is 4.75. The van der Waals surface area contributed by atoms with Gasteiger partial charge in [-0.25, -0.2) is 9.97 Å². The van der Waals surface area contributed by atoms with E-state index in [0.717, 1.165) is 38.1 Å². The van der Waals surface area contributed by atoms with Gasteiger partial charge >= 0.3 is 0 Å². The van der Waals surface area contributed by atoms with Crippen LogP contribution in [0, 0.1) is 0 Å². The van der Waals surface area contributed by atoms with Crippen LogP contribution in [0.1, 0.15) is 56.4 Å². The van der Waals surface area contributed by atoms with Crippen molar-refractivity contribution in [1.29, 1.82) is 0 Å². The quantitative estimate of drug-likeness (QED) is 0.770. The third kappa shape index (κ3) is 4.05. The normalized spacial score (nSPS) is 10.9. The molecule has 0 amide bonds. The first kappa shape index (κ1) is 15.1. The fourth-order valence-electron chi connectivity index (χ4n) is 2.21. The number of nitrogens with zero attached hydrogens (tertiary/aromatic N) is 2. The number of likely N-dealkylation sites (N-methyl/N-ethyl adjacent to an activating group) is 1. The molecule has 0 saturated carbocycles. The van der Waals surface area contributed by atoms with Gasteiger partial charge in [-0.3, -0.25) is 0 Å². The molecule has 1 N–H and O–H groups in total.